The second-order valence-electron chi connectivity index (χ2n) is 6.23. The molecule has 0 aromatic heterocycles. The molecule has 0 bridgehead atoms. The van der Waals surface area contributed by atoms with E-state index in [0.29, 0.717) is 19.0 Å². The third-order valence-corrected chi connectivity index (χ3v) is 4.71. The van der Waals surface area contributed by atoms with Crippen molar-refractivity contribution in [1.29, 1.82) is 0 Å². The molecule has 146 valence electrons. The molecule has 0 saturated carbocycles. The first-order valence-corrected chi connectivity index (χ1v) is 8.25. The molecule has 1 heterocycles. The third-order valence-electron chi connectivity index (χ3n) is 4.38. The molecule has 2 rings (SSSR count). The van der Waals surface area contributed by atoms with Crippen LogP contribution in [0.5, 0.6) is 0 Å². The van der Waals surface area contributed by atoms with Crippen molar-refractivity contribution in [2.24, 2.45) is 5.92 Å². The van der Waals surface area contributed by atoms with E-state index in [9.17, 15) is 31.1 Å². The quantitative estimate of drug-likeness (QED) is 0.725. The number of nitrogens with one attached hydrogen (secondary N) is 1. The first-order chi connectivity index (χ1) is 11.9. The van der Waals surface area contributed by atoms with Gasteiger partial charge in [-0.25, -0.2) is 0 Å². The van der Waals surface area contributed by atoms with Crippen molar-refractivity contribution in [2.75, 3.05) is 18.4 Å². The standard InChI is InChI=1S/C16H17ClF6N2O/c1-9(25-6-2-3-10(8-25)15(18,19)20)14(26)24-11-4-5-13(17)12(7-11)16(21,22)23/h4-5,7,9-10H,2-3,6,8H2,1H3,(H,24,26)/t9-,10+/m0/s1. The minimum absolute atomic E-state index is 0.000462. The molecule has 1 aromatic carbocycles. The van der Waals surface area contributed by atoms with Crippen molar-refractivity contribution in [3.63, 3.8) is 0 Å². The molecule has 1 aromatic rings. The van der Waals surface area contributed by atoms with Gasteiger partial charge in [-0.05, 0) is 44.5 Å². The van der Waals surface area contributed by atoms with Gasteiger partial charge in [0.2, 0.25) is 5.91 Å². The summed E-state index contributed by atoms with van der Waals surface area (Å²) in [6, 6.07) is 1.99. The van der Waals surface area contributed by atoms with Crippen LogP contribution < -0.4 is 5.32 Å². The number of hydrogen-bond acceptors (Lipinski definition) is 2. The number of amides is 1. The highest BCUT2D eigenvalue weighted by atomic mass is 35.5. The fraction of sp³-hybridized carbons (Fsp3) is 0.562. The van der Waals surface area contributed by atoms with Crippen molar-refractivity contribution in [3.05, 3.63) is 28.8 Å². The maximum Gasteiger partial charge on any atom is 0.417 e. The summed E-state index contributed by atoms with van der Waals surface area (Å²) in [5.74, 6) is -2.19. The van der Waals surface area contributed by atoms with Crippen LogP contribution in [0.2, 0.25) is 5.02 Å². The minimum atomic E-state index is -4.68. The average Bonchev–Trinajstić information content (AvgIpc) is 2.54. The highest BCUT2D eigenvalue weighted by molar-refractivity contribution is 6.31. The maximum absolute atomic E-state index is 12.9. The van der Waals surface area contributed by atoms with Gasteiger partial charge in [-0.3, -0.25) is 9.69 Å². The summed E-state index contributed by atoms with van der Waals surface area (Å²) >= 11 is 5.51. The Labute approximate surface area is 151 Å². The highest BCUT2D eigenvalue weighted by Crippen LogP contribution is 2.36. The molecule has 10 heteroatoms. The Morgan fingerprint density at radius 3 is 2.50 bits per heavy atom. The summed E-state index contributed by atoms with van der Waals surface area (Å²) in [4.78, 5) is 13.7. The maximum atomic E-state index is 12.9. The van der Waals surface area contributed by atoms with Gasteiger partial charge in [-0.2, -0.15) is 26.3 Å². The molecular formula is C16H17ClF6N2O. The number of rotatable bonds is 3. The highest BCUT2D eigenvalue weighted by Gasteiger charge is 2.43. The van der Waals surface area contributed by atoms with E-state index in [1.54, 1.807) is 0 Å². The van der Waals surface area contributed by atoms with Crippen LogP contribution in [0.15, 0.2) is 18.2 Å². The molecule has 1 aliphatic heterocycles. The van der Waals surface area contributed by atoms with Crippen LogP contribution >= 0.6 is 11.6 Å². The molecule has 1 fully saturated rings. The number of anilines is 1. The van der Waals surface area contributed by atoms with Crippen molar-refractivity contribution < 1.29 is 31.1 Å². The Balaban J connectivity index is 2.08. The van der Waals surface area contributed by atoms with Crippen LogP contribution in [0.3, 0.4) is 0 Å². The van der Waals surface area contributed by atoms with E-state index in [1.165, 1.54) is 17.9 Å². The van der Waals surface area contributed by atoms with Gasteiger partial charge in [0.05, 0.1) is 22.5 Å². The molecule has 1 amide bonds. The molecule has 1 aliphatic rings. The summed E-state index contributed by atoms with van der Waals surface area (Å²) in [5.41, 5.74) is -1.22. The number of carbonyl (C=O) groups is 1. The third kappa shape index (κ3) is 5.03. The first-order valence-electron chi connectivity index (χ1n) is 7.88. The Kier molecular flexibility index (Phi) is 6.12. The summed E-state index contributed by atoms with van der Waals surface area (Å²) in [7, 11) is 0. The van der Waals surface area contributed by atoms with Crippen molar-refractivity contribution in [3.8, 4) is 0 Å². The van der Waals surface area contributed by atoms with Crippen molar-refractivity contribution in [1.82, 2.24) is 4.90 Å². The van der Waals surface area contributed by atoms with Gasteiger partial charge in [-0.1, -0.05) is 11.6 Å². The number of hydrogen-bond donors (Lipinski definition) is 1. The summed E-state index contributed by atoms with van der Waals surface area (Å²) < 4.78 is 77.2. The van der Waals surface area contributed by atoms with Gasteiger partial charge < -0.3 is 5.32 Å². The van der Waals surface area contributed by atoms with E-state index in [-0.39, 0.29) is 18.7 Å². The summed E-state index contributed by atoms with van der Waals surface area (Å²) in [6.07, 6.45) is -8.73. The number of likely N-dealkylation sites (tertiary alicyclic amines) is 1. The molecular weight excluding hydrogens is 386 g/mol. The van der Waals surface area contributed by atoms with Crippen LogP contribution in [0.4, 0.5) is 32.0 Å². The largest absolute Gasteiger partial charge is 0.417 e. The van der Waals surface area contributed by atoms with Crippen LogP contribution in [0.25, 0.3) is 0 Å². The SMILES string of the molecule is C[C@@H](C(=O)Nc1ccc(Cl)c(C(F)(F)F)c1)N1CCC[C@@H](C(F)(F)F)C1. The average molecular weight is 403 g/mol. The molecule has 3 nitrogen and oxygen atoms in total. The predicted octanol–water partition coefficient (Wildman–Crippen LogP) is 4.96. The lowest BCUT2D eigenvalue weighted by Gasteiger charge is -2.36. The van der Waals surface area contributed by atoms with Crippen molar-refractivity contribution in [2.45, 2.75) is 38.2 Å². The van der Waals surface area contributed by atoms with Gasteiger partial charge in [0.15, 0.2) is 0 Å². The second kappa shape index (κ2) is 7.64. The van der Waals surface area contributed by atoms with Gasteiger partial charge in [0.1, 0.15) is 0 Å². The molecule has 1 saturated heterocycles. The zero-order chi connectivity index (χ0) is 19.7. The van der Waals surface area contributed by atoms with E-state index >= 15 is 0 Å². The lowest BCUT2D eigenvalue weighted by Crippen LogP contribution is -2.49. The smallest absolute Gasteiger partial charge is 0.325 e. The van der Waals surface area contributed by atoms with Gasteiger partial charge >= 0.3 is 12.4 Å². The number of nitrogens with zero attached hydrogens (tertiary/aromatic N) is 1. The number of halogens is 7. The minimum Gasteiger partial charge on any atom is -0.325 e. The van der Waals surface area contributed by atoms with E-state index in [1.807, 2.05) is 0 Å². The summed E-state index contributed by atoms with van der Waals surface area (Å²) in [6.45, 7) is 1.43. The number of alkyl halides is 6. The number of benzene rings is 1. The summed E-state index contributed by atoms with van der Waals surface area (Å²) in [5, 5.41) is 1.80. The Bertz CT molecular complexity index is 661. The van der Waals surface area contributed by atoms with Crippen LogP contribution in [-0.4, -0.2) is 36.1 Å². The monoisotopic (exact) mass is 402 g/mol. The Hall–Kier alpha value is -1.48. The molecule has 0 spiro atoms. The molecule has 1 N–H and O–H groups in total. The number of piperidine rings is 1. The lowest BCUT2D eigenvalue weighted by molar-refractivity contribution is -0.188. The topological polar surface area (TPSA) is 32.3 Å². The molecule has 0 aliphatic carbocycles. The fourth-order valence-corrected chi connectivity index (χ4v) is 3.08. The Morgan fingerprint density at radius 1 is 1.27 bits per heavy atom. The van der Waals surface area contributed by atoms with E-state index in [2.05, 4.69) is 5.32 Å². The van der Waals surface area contributed by atoms with Gasteiger partial charge in [-0.15, -0.1) is 0 Å². The fourth-order valence-electron chi connectivity index (χ4n) is 2.86. The normalized spacial score (nSPS) is 20.7. The predicted molar refractivity (Wildman–Crippen MR) is 84.9 cm³/mol. The van der Waals surface area contributed by atoms with Crippen LogP contribution in [-0.2, 0) is 11.0 Å². The van der Waals surface area contributed by atoms with E-state index in [0.717, 1.165) is 6.07 Å². The molecule has 2 atom stereocenters. The zero-order valence-electron chi connectivity index (χ0n) is 13.7. The van der Waals surface area contributed by atoms with Gasteiger partial charge in [0.25, 0.3) is 0 Å². The molecule has 0 radical (unpaired) electrons. The van der Waals surface area contributed by atoms with Crippen LogP contribution in [0, 0.1) is 5.92 Å². The number of carbonyl (C=O) groups excluding carboxylic acids is 1. The molecule has 0 unspecified atom stereocenters. The van der Waals surface area contributed by atoms with E-state index in [4.69, 9.17) is 11.6 Å². The van der Waals surface area contributed by atoms with E-state index < -0.39 is 40.8 Å². The van der Waals surface area contributed by atoms with Crippen molar-refractivity contribution >= 4 is 23.2 Å². The zero-order valence-corrected chi connectivity index (χ0v) is 14.5. The van der Waals surface area contributed by atoms with Crippen LogP contribution in [0.1, 0.15) is 25.3 Å². The van der Waals surface area contributed by atoms with Gasteiger partial charge in [0, 0.05) is 12.2 Å². The second-order valence-corrected chi connectivity index (χ2v) is 6.64. The lowest BCUT2D eigenvalue weighted by atomic mass is 9.96. The Morgan fingerprint density at radius 2 is 1.92 bits per heavy atom. The first kappa shape index (κ1) is 20.8. The molecule has 26 heavy (non-hydrogen) atoms.